The third-order valence-electron chi connectivity index (χ3n) is 1.93. The number of halogens is 1. The van der Waals surface area contributed by atoms with Gasteiger partial charge in [0.25, 0.3) is 0 Å². The van der Waals surface area contributed by atoms with E-state index >= 15 is 0 Å². The summed E-state index contributed by atoms with van der Waals surface area (Å²) in [6, 6.07) is 0.234. The van der Waals surface area contributed by atoms with Gasteiger partial charge in [0, 0.05) is 5.38 Å². The Hall–Kier alpha value is -1.47. The van der Waals surface area contributed by atoms with Crippen LogP contribution in [0.3, 0.4) is 0 Å². The maximum Gasteiger partial charge on any atom is 0.322 e. The number of nitrogens with zero attached hydrogens (tertiary/aromatic N) is 4. The molecule has 1 N–H and O–H groups in total. The molecule has 96 valence electrons. The topological polar surface area (TPSA) is 72.8 Å². The van der Waals surface area contributed by atoms with Crippen molar-refractivity contribution in [2.24, 2.45) is 0 Å². The van der Waals surface area contributed by atoms with Crippen LogP contribution in [0, 0.1) is 0 Å². The van der Waals surface area contributed by atoms with E-state index in [1.54, 1.807) is 5.51 Å². The SMILES string of the molecule is CCCOc1nc(Cl)nc(NCc2cscn2)n1. The van der Waals surface area contributed by atoms with Crippen molar-refractivity contribution >= 4 is 28.9 Å². The standard InChI is InChI=1S/C10H12ClN5OS/c1-2-3-17-10-15-8(11)14-9(16-10)12-4-7-5-18-6-13-7/h5-6H,2-4H2,1H3,(H,12,14,15,16). The Labute approximate surface area is 113 Å². The van der Waals surface area contributed by atoms with E-state index in [9.17, 15) is 0 Å². The number of hydrogen-bond acceptors (Lipinski definition) is 7. The summed E-state index contributed by atoms with van der Waals surface area (Å²) in [6.45, 7) is 3.09. The Bertz CT molecular complexity index is 493. The number of aromatic nitrogens is 4. The van der Waals surface area contributed by atoms with Crippen LogP contribution in [0.15, 0.2) is 10.9 Å². The smallest absolute Gasteiger partial charge is 0.322 e. The largest absolute Gasteiger partial charge is 0.463 e. The maximum absolute atomic E-state index is 5.79. The number of rotatable bonds is 6. The summed E-state index contributed by atoms with van der Waals surface area (Å²) in [5.41, 5.74) is 2.69. The summed E-state index contributed by atoms with van der Waals surface area (Å²) in [4.78, 5) is 16.1. The molecule has 0 atom stereocenters. The minimum atomic E-state index is 0.108. The minimum Gasteiger partial charge on any atom is -0.463 e. The van der Waals surface area contributed by atoms with Gasteiger partial charge in [0.05, 0.1) is 24.4 Å². The van der Waals surface area contributed by atoms with Crippen molar-refractivity contribution in [1.29, 1.82) is 0 Å². The van der Waals surface area contributed by atoms with Crippen LogP contribution in [0.5, 0.6) is 6.01 Å². The van der Waals surface area contributed by atoms with E-state index in [0.29, 0.717) is 19.1 Å². The maximum atomic E-state index is 5.79. The summed E-state index contributed by atoms with van der Waals surface area (Å²) in [5, 5.41) is 5.08. The van der Waals surface area contributed by atoms with E-state index in [2.05, 4.69) is 25.3 Å². The van der Waals surface area contributed by atoms with Crippen molar-refractivity contribution in [1.82, 2.24) is 19.9 Å². The third-order valence-corrected chi connectivity index (χ3v) is 2.74. The minimum absolute atomic E-state index is 0.108. The van der Waals surface area contributed by atoms with Crippen molar-refractivity contribution in [2.45, 2.75) is 19.9 Å². The molecule has 2 heterocycles. The van der Waals surface area contributed by atoms with Gasteiger partial charge in [-0.25, -0.2) is 4.98 Å². The summed E-state index contributed by atoms with van der Waals surface area (Å²) in [6.07, 6.45) is 0.880. The van der Waals surface area contributed by atoms with Crippen LogP contribution in [0.2, 0.25) is 5.28 Å². The van der Waals surface area contributed by atoms with E-state index in [-0.39, 0.29) is 11.3 Å². The monoisotopic (exact) mass is 285 g/mol. The van der Waals surface area contributed by atoms with Gasteiger partial charge in [0.2, 0.25) is 11.2 Å². The molecule has 2 rings (SSSR count). The molecule has 2 aromatic rings. The molecule has 0 spiro atoms. The molecule has 0 aliphatic rings. The molecule has 0 saturated heterocycles. The van der Waals surface area contributed by atoms with Gasteiger partial charge in [-0.1, -0.05) is 6.92 Å². The lowest BCUT2D eigenvalue weighted by molar-refractivity contribution is 0.291. The average molecular weight is 286 g/mol. The quantitative estimate of drug-likeness (QED) is 0.878. The van der Waals surface area contributed by atoms with Crippen LogP contribution in [0.4, 0.5) is 5.95 Å². The second-order valence-corrected chi connectivity index (χ2v) is 4.45. The highest BCUT2D eigenvalue weighted by molar-refractivity contribution is 7.07. The average Bonchev–Trinajstić information content (AvgIpc) is 2.86. The Kier molecular flexibility index (Phi) is 4.66. The molecule has 0 bridgehead atoms. The summed E-state index contributed by atoms with van der Waals surface area (Å²) >= 11 is 7.33. The van der Waals surface area contributed by atoms with Gasteiger partial charge in [-0.15, -0.1) is 11.3 Å². The fraction of sp³-hybridized carbons (Fsp3) is 0.400. The number of ether oxygens (including phenoxy) is 1. The van der Waals surface area contributed by atoms with E-state index in [1.165, 1.54) is 11.3 Å². The number of hydrogen-bond donors (Lipinski definition) is 1. The highest BCUT2D eigenvalue weighted by Crippen LogP contribution is 2.12. The first-order valence-corrected chi connectivity index (χ1v) is 6.75. The summed E-state index contributed by atoms with van der Waals surface area (Å²) < 4.78 is 5.31. The van der Waals surface area contributed by atoms with Crippen LogP contribution in [-0.4, -0.2) is 26.5 Å². The van der Waals surface area contributed by atoms with E-state index in [1.807, 2.05) is 12.3 Å². The lowest BCUT2D eigenvalue weighted by atomic mass is 10.5. The van der Waals surface area contributed by atoms with Gasteiger partial charge in [-0.3, -0.25) is 0 Å². The highest BCUT2D eigenvalue weighted by atomic mass is 35.5. The summed E-state index contributed by atoms with van der Waals surface area (Å²) in [7, 11) is 0. The van der Waals surface area contributed by atoms with Crippen molar-refractivity contribution < 1.29 is 4.74 Å². The number of thiazole rings is 1. The van der Waals surface area contributed by atoms with Gasteiger partial charge >= 0.3 is 6.01 Å². The highest BCUT2D eigenvalue weighted by Gasteiger charge is 2.06. The van der Waals surface area contributed by atoms with Crippen molar-refractivity contribution in [3.63, 3.8) is 0 Å². The Balaban J connectivity index is 2.00. The first-order chi connectivity index (χ1) is 8.78. The second kappa shape index (κ2) is 6.46. The van der Waals surface area contributed by atoms with Crippen LogP contribution >= 0.6 is 22.9 Å². The molecule has 0 aliphatic heterocycles. The molecule has 2 aromatic heterocycles. The van der Waals surface area contributed by atoms with Crippen molar-refractivity contribution in [2.75, 3.05) is 11.9 Å². The molecule has 8 heteroatoms. The van der Waals surface area contributed by atoms with Gasteiger partial charge in [0.15, 0.2) is 0 Å². The van der Waals surface area contributed by atoms with Crippen LogP contribution in [0.1, 0.15) is 19.0 Å². The normalized spacial score (nSPS) is 10.3. The van der Waals surface area contributed by atoms with Gasteiger partial charge in [-0.05, 0) is 18.0 Å². The molecular weight excluding hydrogens is 274 g/mol. The molecule has 18 heavy (non-hydrogen) atoms. The molecule has 0 radical (unpaired) electrons. The van der Waals surface area contributed by atoms with Crippen molar-refractivity contribution in [3.8, 4) is 6.01 Å². The van der Waals surface area contributed by atoms with E-state index in [0.717, 1.165) is 12.1 Å². The Morgan fingerprint density at radius 1 is 1.39 bits per heavy atom. The fourth-order valence-electron chi connectivity index (χ4n) is 1.16. The predicted octanol–water partition coefficient (Wildman–Crippen LogP) is 2.38. The zero-order chi connectivity index (χ0) is 12.8. The number of nitrogens with one attached hydrogen (secondary N) is 1. The first kappa shape index (κ1) is 13.0. The van der Waals surface area contributed by atoms with Gasteiger partial charge < -0.3 is 10.1 Å². The number of anilines is 1. The molecule has 0 unspecified atom stereocenters. The fourth-order valence-corrected chi connectivity index (χ4v) is 1.87. The lowest BCUT2D eigenvalue weighted by Gasteiger charge is -2.06. The van der Waals surface area contributed by atoms with E-state index < -0.39 is 0 Å². The molecule has 0 aromatic carbocycles. The predicted molar refractivity (Wildman–Crippen MR) is 70.1 cm³/mol. The second-order valence-electron chi connectivity index (χ2n) is 3.39. The Morgan fingerprint density at radius 2 is 2.28 bits per heavy atom. The lowest BCUT2D eigenvalue weighted by Crippen LogP contribution is -2.07. The molecule has 0 amide bonds. The summed E-state index contributed by atoms with van der Waals surface area (Å²) in [5.74, 6) is 0.383. The molecule has 0 saturated carbocycles. The molecular formula is C10H12ClN5OS. The molecule has 6 nitrogen and oxygen atoms in total. The van der Waals surface area contributed by atoms with Crippen LogP contribution < -0.4 is 10.1 Å². The van der Waals surface area contributed by atoms with Crippen molar-refractivity contribution in [3.05, 3.63) is 21.9 Å². The third kappa shape index (κ3) is 3.78. The molecule has 0 aliphatic carbocycles. The Morgan fingerprint density at radius 3 is 3.00 bits per heavy atom. The van der Waals surface area contributed by atoms with E-state index in [4.69, 9.17) is 16.3 Å². The zero-order valence-electron chi connectivity index (χ0n) is 9.76. The van der Waals surface area contributed by atoms with Crippen LogP contribution in [-0.2, 0) is 6.54 Å². The first-order valence-electron chi connectivity index (χ1n) is 5.43. The molecule has 0 fully saturated rings. The zero-order valence-corrected chi connectivity index (χ0v) is 11.3. The van der Waals surface area contributed by atoms with Gasteiger partial charge in [0.1, 0.15) is 0 Å². The van der Waals surface area contributed by atoms with Gasteiger partial charge in [-0.2, -0.15) is 15.0 Å². The van der Waals surface area contributed by atoms with Crippen LogP contribution in [0.25, 0.3) is 0 Å².